The number of amides is 1. The first-order valence-electron chi connectivity index (χ1n) is 8.27. The number of anilines is 2. The van der Waals surface area contributed by atoms with Gasteiger partial charge >= 0.3 is 0 Å². The molecule has 0 bridgehead atoms. The third-order valence-corrected chi connectivity index (χ3v) is 4.25. The quantitative estimate of drug-likeness (QED) is 0.681. The number of nitrogen functional groups attached to an aromatic ring is 1. The van der Waals surface area contributed by atoms with Crippen LogP contribution in [0.4, 0.5) is 15.9 Å². The predicted molar refractivity (Wildman–Crippen MR) is 93.9 cm³/mol. The first-order valence-corrected chi connectivity index (χ1v) is 8.27. The molecule has 0 spiro atoms. The number of aromatic nitrogens is 5. The Morgan fingerprint density at radius 1 is 1.41 bits per heavy atom. The fourth-order valence-electron chi connectivity index (χ4n) is 2.98. The van der Waals surface area contributed by atoms with Gasteiger partial charge < -0.3 is 20.7 Å². The van der Waals surface area contributed by atoms with Gasteiger partial charge in [-0.2, -0.15) is 4.98 Å². The number of halogens is 1. The van der Waals surface area contributed by atoms with Crippen LogP contribution in [0, 0.1) is 5.82 Å². The molecule has 4 rings (SSSR count). The van der Waals surface area contributed by atoms with Gasteiger partial charge in [-0.3, -0.25) is 4.79 Å². The molecule has 1 saturated heterocycles. The zero-order chi connectivity index (χ0) is 19.0. The Labute approximate surface area is 153 Å². The SMILES string of the molecule is CN1CCC(Oc2ncncc2NC(=O)c2c(N)nn3cc(F)cnc23)C1. The number of nitrogens with zero attached hydrogens (tertiary/aromatic N) is 6. The largest absolute Gasteiger partial charge is 0.471 e. The Morgan fingerprint density at radius 3 is 3.04 bits per heavy atom. The molecule has 140 valence electrons. The molecular weight excluding hydrogens is 355 g/mol. The molecule has 3 aromatic heterocycles. The maximum atomic E-state index is 13.3. The number of fused-ring (bicyclic) bond motifs is 1. The Balaban J connectivity index is 1.60. The lowest BCUT2D eigenvalue weighted by Gasteiger charge is -2.15. The van der Waals surface area contributed by atoms with E-state index >= 15 is 0 Å². The number of rotatable bonds is 4. The van der Waals surface area contributed by atoms with Gasteiger partial charge in [-0.1, -0.05) is 0 Å². The number of hydrogen-bond acceptors (Lipinski definition) is 8. The Morgan fingerprint density at radius 2 is 2.26 bits per heavy atom. The van der Waals surface area contributed by atoms with E-state index in [9.17, 15) is 9.18 Å². The molecule has 0 saturated carbocycles. The van der Waals surface area contributed by atoms with Gasteiger partial charge in [0.05, 0.1) is 18.6 Å². The maximum Gasteiger partial charge on any atom is 0.263 e. The molecular formula is C16H17FN8O2. The molecule has 11 heteroatoms. The molecule has 1 aliphatic heterocycles. The van der Waals surface area contributed by atoms with E-state index in [4.69, 9.17) is 10.5 Å². The number of hydrogen-bond donors (Lipinski definition) is 2. The highest BCUT2D eigenvalue weighted by atomic mass is 19.1. The number of ether oxygens (including phenoxy) is 1. The molecule has 0 aliphatic carbocycles. The smallest absolute Gasteiger partial charge is 0.263 e. The molecule has 1 aliphatic rings. The lowest BCUT2D eigenvalue weighted by atomic mass is 10.2. The van der Waals surface area contributed by atoms with Gasteiger partial charge in [-0.25, -0.2) is 18.9 Å². The van der Waals surface area contributed by atoms with E-state index in [0.717, 1.165) is 36.4 Å². The Hall–Kier alpha value is -3.34. The summed E-state index contributed by atoms with van der Waals surface area (Å²) in [5, 5.41) is 6.59. The Bertz CT molecular complexity index is 1010. The minimum absolute atomic E-state index is 0.0211. The van der Waals surface area contributed by atoms with E-state index in [1.165, 1.54) is 12.5 Å². The number of carbonyl (C=O) groups is 1. The molecule has 0 aromatic carbocycles. The highest BCUT2D eigenvalue weighted by molar-refractivity contribution is 6.11. The Kier molecular flexibility index (Phi) is 4.28. The summed E-state index contributed by atoms with van der Waals surface area (Å²) in [6.45, 7) is 1.70. The summed E-state index contributed by atoms with van der Waals surface area (Å²) < 4.78 is 20.3. The maximum absolute atomic E-state index is 13.3. The third kappa shape index (κ3) is 3.36. The van der Waals surface area contributed by atoms with E-state index in [0.29, 0.717) is 5.69 Å². The number of nitrogens with two attached hydrogens (primary N) is 1. The summed E-state index contributed by atoms with van der Waals surface area (Å²) in [7, 11) is 2.01. The topological polar surface area (TPSA) is 124 Å². The highest BCUT2D eigenvalue weighted by Gasteiger charge is 2.25. The molecule has 3 aromatic rings. The molecule has 3 N–H and O–H groups in total. The third-order valence-electron chi connectivity index (χ3n) is 4.25. The molecule has 0 radical (unpaired) electrons. The molecule has 4 heterocycles. The van der Waals surface area contributed by atoms with Crippen molar-refractivity contribution in [3.8, 4) is 5.88 Å². The van der Waals surface area contributed by atoms with Crippen LogP contribution in [0.1, 0.15) is 16.8 Å². The van der Waals surface area contributed by atoms with Crippen molar-refractivity contribution in [2.24, 2.45) is 0 Å². The molecule has 1 amide bonds. The zero-order valence-electron chi connectivity index (χ0n) is 14.5. The lowest BCUT2D eigenvalue weighted by Crippen LogP contribution is -2.23. The zero-order valence-corrected chi connectivity index (χ0v) is 14.5. The van der Waals surface area contributed by atoms with E-state index in [1.807, 2.05) is 7.05 Å². The van der Waals surface area contributed by atoms with Crippen molar-refractivity contribution in [1.82, 2.24) is 29.5 Å². The first kappa shape index (κ1) is 17.1. The molecule has 27 heavy (non-hydrogen) atoms. The highest BCUT2D eigenvalue weighted by Crippen LogP contribution is 2.25. The van der Waals surface area contributed by atoms with E-state index in [-0.39, 0.29) is 29.0 Å². The van der Waals surface area contributed by atoms with Crippen LogP contribution in [-0.2, 0) is 0 Å². The van der Waals surface area contributed by atoms with Gasteiger partial charge in [0.2, 0.25) is 5.88 Å². The average molecular weight is 372 g/mol. The second kappa shape index (κ2) is 6.76. The number of carbonyl (C=O) groups excluding carboxylic acids is 1. The van der Waals surface area contributed by atoms with E-state index in [2.05, 4.69) is 30.3 Å². The van der Waals surface area contributed by atoms with Crippen molar-refractivity contribution in [3.63, 3.8) is 0 Å². The summed E-state index contributed by atoms with van der Waals surface area (Å²) >= 11 is 0. The van der Waals surface area contributed by atoms with Crippen LogP contribution >= 0.6 is 0 Å². The van der Waals surface area contributed by atoms with Crippen molar-refractivity contribution in [3.05, 3.63) is 36.3 Å². The van der Waals surface area contributed by atoms with Crippen molar-refractivity contribution in [2.45, 2.75) is 12.5 Å². The van der Waals surface area contributed by atoms with Gasteiger partial charge in [0, 0.05) is 13.1 Å². The van der Waals surface area contributed by atoms with Crippen LogP contribution in [0.15, 0.2) is 24.9 Å². The van der Waals surface area contributed by atoms with E-state index < -0.39 is 11.7 Å². The number of likely N-dealkylation sites (N-methyl/N-ethyl adjacent to an activating group) is 1. The van der Waals surface area contributed by atoms with Crippen LogP contribution in [0.2, 0.25) is 0 Å². The van der Waals surface area contributed by atoms with Crippen LogP contribution in [0.25, 0.3) is 5.65 Å². The molecule has 1 atom stereocenters. The van der Waals surface area contributed by atoms with Gasteiger partial charge in [-0.05, 0) is 13.5 Å². The van der Waals surface area contributed by atoms with Gasteiger partial charge in [0.1, 0.15) is 23.7 Å². The summed E-state index contributed by atoms with van der Waals surface area (Å²) in [4.78, 5) is 26.8. The monoisotopic (exact) mass is 372 g/mol. The van der Waals surface area contributed by atoms with Crippen molar-refractivity contribution in [1.29, 1.82) is 0 Å². The van der Waals surface area contributed by atoms with Gasteiger partial charge in [0.15, 0.2) is 17.3 Å². The fourth-order valence-corrected chi connectivity index (χ4v) is 2.98. The van der Waals surface area contributed by atoms with E-state index in [1.54, 1.807) is 0 Å². The number of likely N-dealkylation sites (tertiary alicyclic amines) is 1. The van der Waals surface area contributed by atoms with Crippen molar-refractivity contribution >= 4 is 23.1 Å². The van der Waals surface area contributed by atoms with Crippen LogP contribution in [-0.4, -0.2) is 61.6 Å². The molecule has 1 unspecified atom stereocenters. The predicted octanol–water partition coefficient (Wildman–Crippen LogP) is 0.576. The molecule has 1 fully saturated rings. The van der Waals surface area contributed by atoms with Gasteiger partial charge in [0.25, 0.3) is 5.91 Å². The normalized spacial score (nSPS) is 17.3. The standard InChI is InChI=1S/C16H17FN8O2/c1-24-3-2-10(7-24)27-16-11(5-19-8-21-16)22-15(26)12-13(18)23-25-6-9(17)4-20-14(12)25/h4-6,8,10H,2-3,7H2,1H3,(H2,18,23)(H,22,26). The fraction of sp³-hybridized carbons (Fsp3) is 0.312. The first-order chi connectivity index (χ1) is 13.0. The van der Waals surface area contributed by atoms with Gasteiger partial charge in [-0.15, -0.1) is 5.10 Å². The summed E-state index contributed by atoms with van der Waals surface area (Å²) in [6, 6.07) is 0. The van der Waals surface area contributed by atoms with Crippen LogP contribution in [0.3, 0.4) is 0 Å². The minimum atomic E-state index is -0.592. The minimum Gasteiger partial charge on any atom is -0.471 e. The number of nitrogens with one attached hydrogen (secondary N) is 1. The summed E-state index contributed by atoms with van der Waals surface area (Å²) in [5.74, 6) is -0.953. The summed E-state index contributed by atoms with van der Waals surface area (Å²) in [5.41, 5.74) is 6.30. The summed E-state index contributed by atoms with van der Waals surface area (Å²) in [6.07, 6.45) is 5.71. The molecule has 10 nitrogen and oxygen atoms in total. The van der Waals surface area contributed by atoms with Crippen molar-refractivity contribution in [2.75, 3.05) is 31.2 Å². The van der Waals surface area contributed by atoms with Crippen LogP contribution in [0.5, 0.6) is 5.88 Å². The second-order valence-electron chi connectivity index (χ2n) is 6.29. The average Bonchev–Trinajstić information content (AvgIpc) is 3.18. The van der Waals surface area contributed by atoms with Crippen LogP contribution < -0.4 is 15.8 Å². The second-order valence-corrected chi connectivity index (χ2v) is 6.29. The lowest BCUT2D eigenvalue weighted by molar-refractivity contribution is 0.102. The van der Waals surface area contributed by atoms with Crippen molar-refractivity contribution < 1.29 is 13.9 Å².